The molecule has 0 aliphatic heterocycles. The Morgan fingerprint density at radius 3 is 2.26 bits per heavy atom. The largest absolute Gasteiger partial charge is 0.435 e. The molecule has 0 amide bonds. The fourth-order valence-electron chi connectivity index (χ4n) is 4.11. The molecule has 160 valence electrons. The Balaban J connectivity index is 1.65. The molecular weight excluding hydrogens is 397 g/mol. The van der Waals surface area contributed by atoms with Gasteiger partial charge in [0, 0.05) is 10.9 Å². The van der Waals surface area contributed by atoms with Crippen molar-refractivity contribution in [3.05, 3.63) is 78.1 Å². The van der Waals surface area contributed by atoms with Crippen LogP contribution in [0.1, 0.15) is 38.2 Å². The van der Waals surface area contributed by atoms with Crippen LogP contribution in [0.25, 0.3) is 32.7 Å². The third kappa shape index (κ3) is 4.68. The van der Waals surface area contributed by atoms with E-state index in [4.69, 9.17) is 0 Å². The zero-order valence-corrected chi connectivity index (χ0v) is 17.5. The maximum Gasteiger partial charge on any atom is 0.387 e. The summed E-state index contributed by atoms with van der Waals surface area (Å²) in [4.78, 5) is 0. The highest BCUT2D eigenvalue weighted by molar-refractivity contribution is 6.08. The molecule has 0 aromatic heterocycles. The molecule has 0 N–H and O–H groups in total. The van der Waals surface area contributed by atoms with Crippen LogP contribution in [0, 0.1) is 5.82 Å². The zero-order chi connectivity index (χ0) is 21.8. The molecule has 4 heteroatoms. The van der Waals surface area contributed by atoms with E-state index < -0.39 is 6.61 Å². The molecule has 0 aliphatic rings. The van der Waals surface area contributed by atoms with Gasteiger partial charge < -0.3 is 4.74 Å². The Hall–Kier alpha value is -3.01. The van der Waals surface area contributed by atoms with E-state index in [-0.39, 0.29) is 11.6 Å². The Morgan fingerprint density at radius 1 is 0.774 bits per heavy atom. The van der Waals surface area contributed by atoms with Crippen LogP contribution < -0.4 is 4.74 Å². The Bertz CT molecular complexity index is 1180. The lowest BCUT2D eigenvalue weighted by Gasteiger charge is -2.11. The van der Waals surface area contributed by atoms with Crippen LogP contribution in [-0.4, -0.2) is 6.61 Å². The van der Waals surface area contributed by atoms with Crippen LogP contribution in [-0.2, 0) is 6.42 Å². The summed E-state index contributed by atoms with van der Waals surface area (Å²) in [6.45, 7) is -0.670. The first-order valence-corrected chi connectivity index (χ1v) is 10.8. The van der Waals surface area contributed by atoms with Crippen molar-refractivity contribution in [3.63, 3.8) is 0 Å². The molecule has 0 saturated heterocycles. The van der Waals surface area contributed by atoms with Gasteiger partial charge >= 0.3 is 6.61 Å². The van der Waals surface area contributed by atoms with Crippen LogP contribution >= 0.6 is 0 Å². The summed E-state index contributed by atoms with van der Waals surface area (Å²) in [6, 6.07) is 19.9. The summed E-state index contributed by atoms with van der Waals surface area (Å²) in [7, 11) is 0. The van der Waals surface area contributed by atoms with Crippen LogP contribution in [0.4, 0.5) is 13.2 Å². The second kappa shape index (κ2) is 9.42. The van der Waals surface area contributed by atoms with E-state index >= 15 is 4.39 Å². The topological polar surface area (TPSA) is 9.23 Å². The predicted molar refractivity (Wildman–Crippen MR) is 121 cm³/mol. The third-order valence-electron chi connectivity index (χ3n) is 5.72. The normalized spacial score (nSPS) is 11.5. The van der Waals surface area contributed by atoms with Crippen LogP contribution in [0.2, 0.25) is 0 Å². The first kappa shape index (κ1) is 21.2. The van der Waals surface area contributed by atoms with Crippen molar-refractivity contribution in [3.8, 4) is 16.9 Å². The number of hydrogen-bond acceptors (Lipinski definition) is 1. The molecule has 0 aliphatic carbocycles. The summed E-state index contributed by atoms with van der Waals surface area (Å²) in [5.41, 5.74) is 2.36. The van der Waals surface area contributed by atoms with Crippen molar-refractivity contribution in [1.82, 2.24) is 0 Å². The van der Waals surface area contributed by atoms with E-state index in [0.717, 1.165) is 22.6 Å². The first-order chi connectivity index (χ1) is 15.1. The molecule has 0 radical (unpaired) electrons. The molecule has 31 heavy (non-hydrogen) atoms. The molecule has 0 saturated carbocycles. The highest BCUT2D eigenvalue weighted by Crippen LogP contribution is 2.34. The summed E-state index contributed by atoms with van der Waals surface area (Å²) in [5, 5.41) is 3.56. The molecule has 0 unspecified atom stereocenters. The van der Waals surface area contributed by atoms with Crippen LogP contribution in [0.3, 0.4) is 0 Å². The quantitative estimate of drug-likeness (QED) is 0.204. The molecule has 0 heterocycles. The lowest BCUT2D eigenvalue weighted by molar-refractivity contribution is -0.0498. The minimum atomic E-state index is -2.88. The highest BCUT2D eigenvalue weighted by Gasteiger charge is 2.12. The van der Waals surface area contributed by atoms with Crippen molar-refractivity contribution in [2.45, 2.75) is 45.6 Å². The average molecular weight is 422 g/mol. The average Bonchev–Trinajstić information content (AvgIpc) is 2.77. The standard InChI is InChI=1S/C27H25F3O/c1-2-3-4-5-6-18-7-13-22-20(17-18)10-14-25-24(22)16-15-23(26(25)28)19-8-11-21(12-9-19)31-27(29)30/h7-17,27H,2-6H2,1H3. The molecule has 0 bridgehead atoms. The lowest BCUT2D eigenvalue weighted by Crippen LogP contribution is -2.01. The number of fused-ring (bicyclic) bond motifs is 3. The molecule has 0 spiro atoms. The lowest BCUT2D eigenvalue weighted by atomic mass is 9.95. The number of aryl methyl sites for hydroxylation is 1. The van der Waals surface area contributed by atoms with Crippen LogP contribution in [0.15, 0.2) is 66.7 Å². The predicted octanol–water partition coefficient (Wildman–Crippen LogP) is 8.52. The first-order valence-electron chi connectivity index (χ1n) is 10.8. The molecule has 4 aromatic rings. The van der Waals surface area contributed by atoms with Gasteiger partial charge in [0.25, 0.3) is 0 Å². The van der Waals surface area contributed by atoms with Gasteiger partial charge in [-0.25, -0.2) is 4.39 Å². The minimum absolute atomic E-state index is 0.0523. The number of hydrogen-bond donors (Lipinski definition) is 0. The van der Waals surface area contributed by atoms with Gasteiger partial charge in [-0.1, -0.05) is 80.8 Å². The number of unbranched alkanes of at least 4 members (excludes halogenated alkanes) is 3. The molecule has 4 rings (SSSR count). The fourth-order valence-corrected chi connectivity index (χ4v) is 4.11. The van der Waals surface area contributed by atoms with E-state index in [1.54, 1.807) is 18.2 Å². The number of alkyl halides is 2. The maximum atomic E-state index is 15.4. The molecule has 1 nitrogen and oxygen atoms in total. The Labute approximate surface area is 180 Å². The van der Waals surface area contributed by atoms with Crippen molar-refractivity contribution in [2.75, 3.05) is 0 Å². The van der Waals surface area contributed by atoms with Crippen molar-refractivity contribution in [2.24, 2.45) is 0 Å². The second-order valence-corrected chi connectivity index (χ2v) is 7.86. The zero-order valence-electron chi connectivity index (χ0n) is 17.5. The second-order valence-electron chi connectivity index (χ2n) is 7.86. The van der Waals surface area contributed by atoms with Crippen molar-refractivity contribution < 1.29 is 17.9 Å². The number of halogens is 3. The third-order valence-corrected chi connectivity index (χ3v) is 5.72. The SMILES string of the molecule is CCCCCCc1ccc2c(ccc3c(F)c(-c4ccc(OC(F)F)cc4)ccc32)c1. The molecule has 0 atom stereocenters. The number of ether oxygens (including phenoxy) is 1. The number of benzene rings is 4. The molecule has 0 fully saturated rings. The summed E-state index contributed by atoms with van der Waals surface area (Å²) < 4.78 is 44.4. The van der Waals surface area contributed by atoms with Gasteiger partial charge in [0.1, 0.15) is 11.6 Å². The monoisotopic (exact) mass is 422 g/mol. The van der Waals surface area contributed by atoms with Gasteiger partial charge in [-0.15, -0.1) is 0 Å². The molecule has 4 aromatic carbocycles. The fraction of sp³-hybridized carbons (Fsp3) is 0.259. The van der Waals surface area contributed by atoms with Gasteiger partial charge in [-0.05, 0) is 52.3 Å². The highest BCUT2D eigenvalue weighted by atomic mass is 19.3. The van der Waals surface area contributed by atoms with Gasteiger partial charge in [0.05, 0.1) is 0 Å². The van der Waals surface area contributed by atoms with Gasteiger partial charge in [0.15, 0.2) is 0 Å². The van der Waals surface area contributed by atoms with Crippen molar-refractivity contribution in [1.29, 1.82) is 0 Å². The van der Waals surface area contributed by atoms with E-state index in [9.17, 15) is 8.78 Å². The minimum Gasteiger partial charge on any atom is -0.435 e. The van der Waals surface area contributed by atoms with Gasteiger partial charge in [-0.2, -0.15) is 8.78 Å². The van der Waals surface area contributed by atoms with E-state index in [0.29, 0.717) is 16.5 Å². The maximum absolute atomic E-state index is 15.4. The Kier molecular flexibility index (Phi) is 6.45. The number of rotatable bonds is 8. The Morgan fingerprint density at radius 2 is 1.52 bits per heavy atom. The van der Waals surface area contributed by atoms with E-state index in [1.165, 1.54) is 43.4 Å². The van der Waals surface area contributed by atoms with E-state index in [2.05, 4.69) is 29.9 Å². The van der Waals surface area contributed by atoms with Gasteiger partial charge in [0.2, 0.25) is 0 Å². The molecular formula is C27H25F3O. The smallest absolute Gasteiger partial charge is 0.387 e. The summed E-state index contributed by atoms with van der Waals surface area (Å²) in [5.74, 6) is -0.262. The van der Waals surface area contributed by atoms with Gasteiger partial charge in [-0.3, -0.25) is 0 Å². The van der Waals surface area contributed by atoms with E-state index in [1.807, 2.05) is 18.2 Å². The van der Waals surface area contributed by atoms with Crippen molar-refractivity contribution >= 4 is 21.5 Å². The van der Waals surface area contributed by atoms with Crippen LogP contribution in [0.5, 0.6) is 5.75 Å². The summed E-state index contributed by atoms with van der Waals surface area (Å²) >= 11 is 0. The summed E-state index contributed by atoms with van der Waals surface area (Å²) in [6.07, 6.45) is 5.99.